The zero-order valence-corrected chi connectivity index (χ0v) is 8.68. The van der Waals surface area contributed by atoms with Gasteiger partial charge in [-0.1, -0.05) is 6.92 Å². The highest BCUT2D eigenvalue weighted by Crippen LogP contribution is 1.97. The van der Waals surface area contributed by atoms with Crippen LogP contribution in [-0.2, 0) is 11.3 Å². The number of hydrogen-bond acceptors (Lipinski definition) is 4. The van der Waals surface area contributed by atoms with Crippen molar-refractivity contribution < 1.29 is 9.90 Å². The maximum atomic E-state index is 11.4. The number of nitrogens with two attached hydrogens (primary N) is 1. The van der Waals surface area contributed by atoms with Gasteiger partial charge < -0.3 is 16.2 Å². The van der Waals surface area contributed by atoms with Gasteiger partial charge in [-0.15, -0.1) is 0 Å². The van der Waals surface area contributed by atoms with Gasteiger partial charge in [-0.25, -0.2) is 0 Å². The second-order valence-electron chi connectivity index (χ2n) is 3.33. The number of carbonyl (C=O) groups excluding carboxylic acids is 1. The first-order valence-corrected chi connectivity index (χ1v) is 4.83. The molecule has 1 heterocycles. The van der Waals surface area contributed by atoms with Gasteiger partial charge in [0.15, 0.2) is 0 Å². The second kappa shape index (κ2) is 5.35. The van der Waals surface area contributed by atoms with Crippen molar-refractivity contribution in [3.8, 4) is 0 Å². The molecular weight excluding hydrogens is 196 g/mol. The van der Waals surface area contributed by atoms with E-state index >= 15 is 0 Å². The molecule has 0 aliphatic carbocycles. The fourth-order valence-electron chi connectivity index (χ4n) is 1.16. The van der Waals surface area contributed by atoms with E-state index in [2.05, 4.69) is 10.4 Å². The molecule has 0 aliphatic heterocycles. The van der Waals surface area contributed by atoms with Crippen LogP contribution in [0.5, 0.6) is 0 Å². The molecule has 0 unspecified atom stereocenters. The fraction of sp³-hybridized carbons (Fsp3) is 0.556. The summed E-state index contributed by atoms with van der Waals surface area (Å²) in [6.45, 7) is 1.96. The molecule has 0 aliphatic rings. The predicted molar refractivity (Wildman–Crippen MR) is 55.9 cm³/mol. The van der Waals surface area contributed by atoms with Crippen LogP contribution in [0.3, 0.4) is 0 Å². The summed E-state index contributed by atoms with van der Waals surface area (Å²) in [6.07, 6.45) is 3.76. The van der Waals surface area contributed by atoms with Gasteiger partial charge in [0, 0.05) is 6.20 Å². The summed E-state index contributed by atoms with van der Waals surface area (Å²) < 4.78 is 1.45. The molecule has 4 N–H and O–H groups in total. The van der Waals surface area contributed by atoms with E-state index in [1.807, 2.05) is 6.92 Å². The lowest BCUT2D eigenvalue weighted by atomic mass is 10.2. The molecule has 0 fully saturated rings. The minimum Gasteiger partial charge on any atom is -0.396 e. The first kappa shape index (κ1) is 11.5. The van der Waals surface area contributed by atoms with Crippen LogP contribution in [0.1, 0.15) is 13.3 Å². The molecule has 84 valence electrons. The average molecular weight is 212 g/mol. The topological polar surface area (TPSA) is 93.2 Å². The maximum absolute atomic E-state index is 11.4. The van der Waals surface area contributed by atoms with Crippen LogP contribution in [0.15, 0.2) is 12.4 Å². The van der Waals surface area contributed by atoms with Gasteiger partial charge in [-0.3, -0.25) is 9.48 Å². The standard InChI is InChI=1S/C9H16N4O2/c1-2-8(6-14)12-9(15)5-13-4-7(10)3-11-13/h3-4,8,14H,2,5-6,10H2,1H3,(H,12,15)/t8-/m1/s1. The number of aliphatic hydroxyl groups excluding tert-OH is 1. The van der Waals surface area contributed by atoms with Gasteiger partial charge in [0.05, 0.1) is 24.5 Å². The fourth-order valence-corrected chi connectivity index (χ4v) is 1.16. The van der Waals surface area contributed by atoms with E-state index in [1.54, 1.807) is 6.20 Å². The number of nitrogen functional groups attached to an aromatic ring is 1. The van der Waals surface area contributed by atoms with Crippen molar-refractivity contribution in [3.05, 3.63) is 12.4 Å². The Morgan fingerprint density at radius 2 is 2.53 bits per heavy atom. The molecule has 1 aromatic heterocycles. The highest BCUT2D eigenvalue weighted by molar-refractivity contribution is 5.76. The van der Waals surface area contributed by atoms with Crippen molar-refractivity contribution in [2.45, 2.75) is 25.9 Å². The zero-order chi connectivity index (χ0) is 11.3. The van der Waals surface area contributed by atoms with Crippen LogP contribution < -0.4 is 11.1 Å². The number of carbonyl (C=O) groups is 1. The quantitative estimate of drug-likeness (QED) is 0.604. The monoisotopic (exact) mass is 212 g/mol. The Morgan fingerprint density at radius 3 is 3.00 bits per heavy atom. The molecule has 0 saturated heterocycles. The van der Waals surface area contributed by atoms with E-state index in [0.717, 1.165) is 0 Å². The average Bonchev–Trinajstić information content (AvgIpc) is 2.60. The minimum atomic E-state index is -0.189. The highest BCUT2D eigenvalue weighted by Gasteiger charge is 2.09. The number of nitrogens with one attached hydrogen (secondary N) is 1. The van der Waals surface area contributed by atoms with Gasteiger partial charge in [0.1, 0.15) is 6.54 Å². The Labute approximate surface area is 88.1 Å². The summed E-state index contributed by atoms with van der Waals surface area (Å²) in [4.78, 5) is 11.4. The molecule has 0 spiro atoms. The third-order valence-electron chi connectivity index (χ3n) is 2.04. The molecule has 0 bridgehead atoms. The summed E-state index contributed by atoms with van der Waals surface area (Å²) in [5.74, 6) is -0.181. The lowest BCUT2D eigenvalue weighted by molar-refractivity contribution is -0.122. The van der Waals surface area contributed by atoms with E-state index in [1.165, 1.54) is 10.9 Å². The smallest absolute Gasteiger partial charge is 0.242 e. The van der Waals surface area contributed by atoms with Crippen LogP contribution in [0.25, 0.3) is 0 Å². The number of rotatable bonds is 5. The minimum absolute atomic E-state index is 0.0521. The summed E-state index contributed by atoms with van der Waals surface area (Å²) in [7, 11) is 0. The van der Waals surface area contributed by atoms with E-state index < -0.39 is 0 Å². The number of hydrogen-bond donors (Lipinski definition) is 3. The van der Waals surface area contributed by atoms with Crippen LogP contribution in [-0.4, -0.2) is 33.4 Å². The Balaban J connectivity index is 2.42. The molecule has 0 radical (unpaired) electrons. The molecule has 15 heavy (non-hydrogen) atoms. The molecule has 1 rings (SSSR count). The summed E-state index contributed by atoms with van der Waals surface area (Å²) >= 11 is 0. The van der Waals surface area contributed by atoms with E-state index in [-0.39, 0.29) is 25.1 Å². The first-order valence-electron chi connectivity index (χ1n) is 4.83. The molecule has 6 nitrogen and oxygen atoms in total. The number of anilines is 1. The van der Waals surface area contributed by atoms with Crippen molar-refractivity contribution >= 4 is 11.6 Å². The van der Waals surface area contributed by atoms with Crippen LogP contribution in [0, 0.1) is 0 Å². The van der Waals surface area contributed by atoms with Crippen molar-refractivity contribution in [2.24, 2.45) is 0 Å². The van der Waals surface area contributed by atoms with Gasteiger partial charge in [-0.2, -0.15) is 5.10 Å². The molecule has 1 atom stereocenters. The Bertz CT molecular complexity index is 320. The van der Waals surface area contributed by atoms with Gasteiger partial charge in [-0.05, 0) is 6.42 Å². The molecule has 1 amide bonds. The van der Waals surface area contributed by atoms with Crippen molar-refractivity contribution in [1.82, 2.24) is 15.1 Å². The molecule has 1 aromatic rings. The van der Waals surface area contributed by atoms with E-state index in [4.69, 9.17) is 10.8 Å². The Hall–Kier alpha value is -1.56. The summed E-state index contributed by atoms with van der Waals surface area (Å²) in [5, 5.41) is 15.5. The van der Waals surface area contributed by atoms with Crippen LogP contribution in [0.2, 0.25) is 0 Å². The maximum Gasteiger partial charge on any atom is 0.242 e. The molecular formula is C9H16N4O2. The first-order chi connectivity index (χ1) is 7.15. The van der Waals surface area contributed by atoms with E-state index in [0.29, 0.717) is 12.1 Å². The second-order valence-corrected chi connectivity index (χ2v) is 3.33. The van der Waals surface area contributed by atoms with Crippen LogP contribution >= 0.6 is 0 Å². The normalized spacial score (nSPS) is 12.4. The number of aliphatic hydroxyl groups is 1. The third kappa shape index (κ3) is 3.59. The van der Waals surface area contributed by atoms with Gasteiger partial charge in [0.25, 0.3) is 0 Å². The predicted octanol–water partition coefficient (Wildman–Crippen LogP) is -0.648. The molecule has 6 heteroatoms. The third-order valence-corrected chi connectivity index (χ3v) is 2.04. The van der Waals surface area contributed by atoms with E-state index in [9.17, 15) is 4.79 Å². The summed E-state index contributed by atoms with van der Waals surface area (Å²) in [6, 6.07) is -0.189. The largest absolute Gasteiger partial charge is 0.396 e. The number of amides is 1. The van der Waals surface area contributed by atoms with Crippen molar-refractivity contribution in [3.63, 3.8) is 0 Å². The van der Waals surface area contributed by atoms with Gasteiger partial charge >= 0.3 is 0 Å². The lowest BCUT2D eigenvalue weighted by Crippen LogP contribution is -2.38. The number of aromatic nitrogens is 2. The van der Waals surface area contributed by atoms with Crippen molar-refractivity contribution in [1.29, 1.82) is 0 Å². The SMILES string of the molecule is CC[C@H](CO)NC(=O)Cn1cc(N)cn1. The Morgan fingerprint density at radius 1 is 1.80 bits per heavy atom. The van der Waals surface area contributed by atoms with Gasteiger partial charge in [0.2, 0.25) is 5.91 Å². The van der Waals surface area contributed by atoms with Crippen molar-refractivity contribution in [2.75, 3.05) is 12.3 Å². The lowest BCUT2D eigenvalue weighted by Gasteiger charge is -2.13. The molecule has 0 saturated carbocycles. The van der Waals surface area contributed by atoms with Crippen LogP contribution in [0.4, 0.5) is 5.69 Å². The Kier molecular flexibility index (Phi) is 4.11. The summed E-state index contributed by atoms with van der Waals surface area (Å²) in [5.41, 5.74) is 5.98. The number of nitrogens with zero attached hydrogens (tertiary/aromatic N) is 2. The highest BCUT2D eigenvalue weighted by atomic mass is 16.3. The zero-order valence-electron chi connectivity index (χ0n) is 8.68. The molecule has 0 aromatic carbocycles.